The van der Waals surface area contributed by atoms with Gasteiger partial charge in [-0.3, -0.25) is 4.79 Å². The number of benzene rings is 2. The molecule has 14 nitrogen and oxygen atoms in total. The normalized spacial score (nSPS) is 37.2. The van der Waals surface area contributed by atoms with E-state index in [1.165, 1.54) is 25.1 Å². The summed E-state index contributed by atoms with van der Waals surface area (Å²) in [4.78, 5) is 12.9. The van der Waals surface area contributed by atoms with Crippen molar-refractivity contribution in [1.82, 2.24) is 0 Å². The van der Waals surface area contributed by atoms with Gasteiger partial charge in [0.15, 0.2) is 18.2 Å². The summed E-state index contributed by atoms with van der Waals surface area (Å²) < 4.78 is 28.6. The minimum absolute atomic E-state index is 0.0149. The van der Waals surface area contributed by atoms with E-state index in [0.717, 1.165) is 6.07 Å². The van der Waals surface area contributed by atoms with Crippen molar-refractivity contribution in [3.63, 3.8) is 0 Å². The molecule has 14 heteroatoms. The van der Waals surface area contributed by atoms with Crippen molar-refractivity contribution < 1.29 is 69.3 Å². The Balaban J connectivity index is 1.41. The highest BCUT2D eigenvalue weighted by Crippen LogP contribution is 2.43. The number of carbonyl (C=O) groups excluding carboxylic acids is 1. The molecule has 0 saturated carbocycles. The maximum absolute atomic E-state index is 12.9. The fourth-order valence-electron chi connectivity index (χ4n) is 5.07. The molecule has 11 atom stereocenters. The smallest absolute Gasteiger partial charge is 0.229 e. The van der Waals surface area contributed by atoms with E-state index in [0.29, 0.717) is 5.56 Å². The largest absolute Gasteiger partial charge is 0.508 e. The second-order valence-electron chi connectivity index (χ2n) is 10.2. The third kappa shape index (κ3) is 5.70. The molecule has 3 heterocycles. The van der Waals surface area contributed by atoms with Crippen molar-refractivity contribution in [2.45, 2.75) is 80.9 Å². The highest BCUT2D eigenvalue weighted by Gasteiger charge is 2.51. The Labute approximate surface area is 233 Å². The number of carbonyl (C=O) groups is 1. The summed E-state index contributed by atoms with van der Waals surface area (Å²) in [6, 6.07) is 8.50. The molecule has 3 aliphatic rings. The minimum atomic E-state index is -1.75. The average molecular weight is 581 g/mol. The molecule has 5 rings (SSSR count). The molecular weight excluding hydrogens is 548 g/mol. The molecule has 3 aliphatic heterocycles. The number of phenolic OH excluding ortho intramolecular Hbond substituents is 2. The molecule has 224 valence electrons. The van der Waals surface area contributed by atoms with E-state index in [-0.39, 0.29) is 29.2 Å². The molecule has 41 heavy (non-hydrogen) atoms. The van der Waals surface area contributed by atoms with E-state index in [4.69, 9.17) is 23.7 Å². The summed E-state index contributed by atoms with van der Waals surface area (Å²) >= 11 is 0. The lowest BCUT2D eigenvalue weighted by Crippen LogP contribution is -2.64. The maximum atomic E-state index is 12.9. The van der Waals surface area contributed by atoms with Crippen molar-refractivity contribution in [3.05, 3.63) is 47.5 Å². The molecule has 2 saturated heterocycles. The molecule has 0 spiro atoms. The maximum Gasteiger partial charge on any atom is 0.229 e. The Kier molecular flexibility index (Phi) is 8.39. The molecule has 0 aliphatic carbocycles. The number of fused-ring (bicyclic) bond motifs is 1. The van der Waals surface area contributed by atoms with Crippen molar-refractivity contribution >= 4 is 5.78 Å². The van der Waals surface area contributed by atoms with Gasteiger partial charge in [-0.1, -0.05) is 12.1 Å². The lowest BCUT2D eigenvalue weighted by molar-refractivity contribution is -0.354. The van der Waals surface area contributed by atoms with Crippen LogP contribution in [0.4, 0.5) is 0 Å². The predicted octanol–water partition coefficient (Wildman–Crippen LogP) is -1.17. The highest BCUT2D eigenvalue weighted by molar-refractivity contribution is 6.02. The van der Waals surface area contributed by atoms with Crippen LogP contribution in [0.1, 0.15) is 35.4 Å². The SMILES string of the molecule is C[C@@H]1O[C@@H](O[C@H]2[C@H](Oc3cc(O)c4c(c3)O[C@H](c3ccc(O)cc3)CC4=O)O[C@@H](CO)[C@@H](O)[C@H]2O)[C@H](O)[C@H](O)[C@H]1O. The monoisotopic (exact) mass is 580 g/mol. The van der Waals surface area contributed by atoms with Crippen LogP contribution in [0.2, 0.25) is 0 Å². The molecule has 2 aromatic rings. The zero-order valence-electron chi connectivity index (χ0n) is 21.8. The number of aromatic hydroxyl groups is 2. The summed E-state index contributed by atoms with van der Waals surface area (Å²) in [6.07, 6.45) is -16.0. The number of hydrogen-bond acceptors (Lipinski definition) is 14. The lowest BCUT2D eigenvalue weighted by atomic mass is 9.95. The van der Waals surface area contributed by atoms with Crippen molar-refractivity contribution in [2.24, 2.45) is 0 Å². The highest BCUT2D eigenvalue weighted by atomic mass is 16.8. The van der Waals surface area contributed by atoms with Gasteiger partial charge in [-0.15, -0.1) is 0 Å². The van der Waals surface area contributed by atoms with Gasteiger partial charge in [-0.2, -0.15) is 0 Å². The summed E-state index contributed by atoms with van der Waals surface area (Å²) in [5.74, 6) is -0.947. The van der Waals surface area contributed by atoms with Crippen LogP contribution in [0.25, 0.3) is 0 Å². The van der Waals surface area contributed by atoms with Crippen LogP contribution in [-0.2, 0) is 14.2 Å². The van der Waals surface area contributed by atoms with Crippen molar-refractivity contribution in [2.75, 3.05) is 6.61 Å². The standard InChI is InChI=1S/C27H32O14/c1-10-20(32)22(34)24(36)26(37-10)41-25-23(35)21(33)18(9-28)40-27(25)38-13-6-14(30)19-15(31)8-16(39-17(19)7-13)11-2-4-12(29)5-3-11/h2-7,10,16,18,20-30,32-36H,8-9H2,1H3/t10-,16-,18-,20-,21+,22+,23+,24+,25+,26-,27+/m0/s1. The van der Waals surface area contributed by atoms with Crippen LogP contribution < -0.4 is 9.47 Å². The predicted molar refractivity (Wildman–Crippen MR) is 134 cm³/mol. The molecule has 0 bridgehead atoms. The zero-order valence-corrected chi connectivity index (χ0v) is 21.8. The van der Waals surface area contributed by atoms with Crippen LogP contribution in [-0.4, -0.2) is 115 Å². The zero-order chi connectivity index (χ0) is 29.6. The first-order valence-electron chi connectivity index (χ1n) is 13.0. The van der Waals surface area contributed by atoms with Gasteiger partial charge in [-0.05, 0) is 24.6 Å². The van der Waals surface area contributed by atoms with E-state index in [2.05, 4.69) is 0 Å². The lowest BCUT2D eigenvalue weighted by Gasteiger charge is -2.45. The first kappa shape index (κ1) is 29.4. The van der Waals surface area contributed by atoms with Gasteiger partial charge in [-0.25, -0.2) is 0 Å². The van der Waals surface area contributed by atoms with Gasteiger partial charge < -0.3 is 64.5 Å². The molecular formula is C27H32O14. The van der Waals surface area contributed by atoms with Crippen LogP contribution >= 0.6 is 0 Å². The summed E-state index contributed by atoms with van der Waals surface area (Å²) in [5, 5.41) is 81.6. The van der Waals surface area contributed by atoms with Gasteiger partial charge in [0.25, 0.3) is 0 Å². The number of hydrogen-bond donors (Lipinski definition) is 8. The van der Waals surface area contributed by atoms with Crippen molar-refractivity contribution in [3.8, 4) is 23.0 Å². The Morgan fingerprint density at radius 3 is 2.27 bits per heavy atom. The quantitative estimate of drug-likeness (QED) is 0.202. The van der Waals surface area contributed by atoms with Gasteiger partial charge in [0.2, 0.25) is 6.29 Å². The Hall–Kier alpha value is -3.05. The van der Waals surface area contributed by atoms with Crippen LogP contribution in [0, 0.1) is 0 Å². The van der Waals surface area contributed by atoms with E-state index < -0.39 is 85.7 Å². The van der Waals surface area contributed by atoms with Crippen LogP contribution in [0.15, 0.2) is 36.4 Å². The Bertz CT molecular complexity index is 1240. The van der Waals surface area contributed by atoms with Crippen molar-refractivity contribution in [1.29, 1.82) is 0 Å². The van der Waals surface area contributed by atoms with Gasteiger partial charge in [0.1, 0.15) is 71.3 Å². The van der Waals surface area contributed by atoms with Crippen LogP contribution in [0.3, 0.4) is 0 Å². The molecule has 8 N–H and O–H groups in total. The number of ketones is 1. The summed E-state index contributed by atoms with van der Waals surface area (Å²) in [6.45, 7) is 0.716. The number of phenols is 2. The van der Waals surface area contributed by atoms with Gasteiger partial charge >= 0.3 is 0 Å². The fraction of sp³-hybridized carbons (Fsp3) is 0.519. The average Bonchev–Trinajstić information content (AvgIpc) is 2.94. The summed E-state index contributed by atoms with van der Waals surface area (Å²) in [5.41, 5.74) is 0.529. The Morgan fingerprint density at radius 2 is 1.59 bits per heavy atom. The second kappa shape index (κ2) is 11.7. The van der Waals surface area contributed by atoms with Gasteiger partial charge in [0.05, 0.1) is 19.1 Å². The number of aliphatic hydroxyl groups is 6. The number of ether oxygens (including phenoxy) is 5. The number of Topliss-reactive ketones (excluding diaryl/α,β-unsaturated/α-hetero) is 1. The molecule has 2 aromatic carbocycles. The second-order valence-corrected chi connectivity index (χ2v) is 10.2. The first-order valence-corrected chi connectivity index (χ1v) is 13.0. The first-order chi connectivity index (χ1) is 19.5. The number of rotatable bonds is 6. The Morgan fingerprint density at radius 1 is 0.878 bits per heavy atom. The fourth-order valence-corrected chi connectivity index (χ4v) is 5.07. The third-order valence-electron chi connectivity index (χ3n) is 7.42. The molecule has 0 unspecified atom stereocenters. The summed E-state index contributed by atoms with van der Waals surface area (Å²) in [7, 11) is 0. The minimum Gasteiger partial charge on any atom is -0.508 e. The number of aliphatic hydroxyl groups excluding tert-OH is 6. The molecule has 0 radical (unpaired) electrons. The van der Waals surface area contributed by atoms with E-state index in [1.54, 1.807) is 12.1 Å². The molecule has 0 amide bonds. The third-order valence-corrected chi connectivity index (χ3v) is 7.42. The van der Waals surface area contributed by atoms with E-state index >= 15 is 0 Å². The van der Waals surface area contributed by atoms with Crippen LogP contribution in [0.5, 0.6) is 23.0 Å². The topological polar surface area (TPSA) is 225 Å². The molecule has 0 aromatic heterocycles. The molecule has 2 fully saturated rings. The van der Waals surface area contributed by atoms with Gasteiger partial charge in [0, 0.05) is 12.1 Å². The van der Waals surface area contributed by atoms with E-state index in [9.17, 15) is 45.6 Å². The van der Waals surface area contributed by atoms with E-state index in [1.807, 2.05) is 0 Å².